The summed E-state index contributed by atoms with van der Waals surface area (Å²) in [5.41, 5.74) is -0.567. The molecular formula is C8H4BrClF3NO2. The van der Waals surface area contributed by atoms with Gasteiger partial charge in [-0.25, -0.2) is 0 Å². The van der Waals surface area contributed by atoms with Crippen LogP contribution in [0.1, 0.15) is 5.56 Å². The van der Waals surface area contributed by atoms with Crippen LogP contribution in [-0.4, -0.2) is 11.1 Å². The molecule has 0 spiro atoms. The van der Waals surface area contributed by atoms with Gasteiger partial charge in [0.1, 0.15) is 0 Å². The van der Waals surface area contributed by atoms with Crippen LogP contribution in [-0.2, 0) is 6.42 Å². The normalized spacial score (nSPS) is 11.6. The molecule has 0 atom stereocenters. The van der Waals surface area contributed by atoms with Gasteiger partial charge in [0.2, 0.25) is 0 Å². The molecule has 16 heavy (non-hydrogen) atoms. The molecule has 8 heteroatoms. The van der Waals surface area contributed by atoms with Crippen LogP contribution in [0.2, 0.25) is 5.02 Å². The predicted octanol–water partition coefficient (Wildman–Crippen LogP) is 4.12. The summed E-state index contributed by atoms with van der Waals surface area (Å²) < 4.78 is 36.4. The van der Waals surface area contributed by atoms with Gasteiger partial charge in [-0.05, 0) is 5.56 Å². The van der Waals surface area contributed by atoms with Crippen LogP contribution < -0.4 is 0 Å². The van der Waals surface area contributed by atoms with Crippen molar-refractivity contribution in [3.05, 3.63) is 37.3 Å². The maximum Gasteiger partial charge on any atom is 0.393 e. The molecule has 0 aliphatic heterocycles. The van der Waals surface area contributed by atoms with Crippen molar-refractivity contribution < 1.29 is 18.1 Å². The van der Waals surface area contributed by atoms with Crippen molar-refractivity contribution in [3.63, 3.8) is 0 Å². The molecule has 1 aromatic carbocycles. The number of alkyl halides is 3. The van der Waals surface area contributed by atoms with E-state index in [4.69, 9.17) is 11.6 Å². The molecule has 3 nitrogen and oxygen atoms in total. The lowest BCUT2D eigenvalue weighted by atomic mass is 10.1. The summed E-state index contributed by atoms with van der Waals surface area (Å²) in [6, 6.07) is 1.89. The molecule has 0 radical (unpaired) electrons. The van der Waals surface area contributed by atoms with Gasteiger partial charge in [-0.2, -0.15) is 13.2 Å². The molecule has 0 aliphatic carbocycles. The van der Waals surface area contributed by atoms with E-state index < -0.39 is 17.5 Å². The van der Waals surface area contributed by atoms with E-state index >= 15 is 0 Å². The SMILES string of the molecule is O=[N+]([O-])c1cc(Cl)c(CC(F)(F)F)c(Br)c1. The Morgan fingerprint density at radius 3 is 2.38 bits per heavy atom. The maximum atomic E-state index is 12.1. The van der Waals surface area contributed by atoms with Crippen LogP contribution in [0.15, 0.2) is 16.6 Å². The third-order valence-corrected chi connectivity index (χ3v) is 2.76. The molecule has 0 saturated carbocycles. The van der Waals surface area contributed by atoms with Crippen LogP contribution in [0.25, 0.3) is 0 Å². The summed E-state index contributed by atoms with van der Waals surface area (Å²) >= 11 is 8.38. The first-order valence-electron chi connectivity index (χ1n) is 3.90. The first kappa shape index (κ1) is 13.2. The van der Waals surface area contributed by atoms with Crippen LogP contribution >= 0.6 is 27.5 Å². The van der Waals surface area contributed by atoms with E-state index in [1.54, 1.807) is 0 Å². The fraction of sp³-hybridized carbons (Fsp3) is 0.250. The zero-order chi connectivity index (χ0) is 12.5. The minimum absolute atomic E-state index is 0.0241. The maximum absolute atomic E-state index is 12.1. The molecule has 0 aromatic heterocycles. The highest BCUT2D eigenvalue weighted by atomic mass is 79.9. The highest BCUT2D eigenvalue weighted by molar-refractivity contribution is 9.10. The fourth-order valence-corrected chi connectivity index (χ4v) is 2.05. The monoisotopic (exact) mass is 317 g/mol. The lowest BCUT2D eigenvalue weighted by molar-refractivity contribution is -0.384. The van der Waals surface area contributed by atoms with Crippen LogP contribution in [0.5, 0.6) is 0 Å². The van der Waals surface area contributed by atoms with Crippen LogP contribution in [0.4, 0.5) is 18.9 Å². The molecule has 0 amide bonds. The van der Waals surface area contributed by atoms with E-state index in [1.165, 1.54) is 0 Å². The second-order valence-corrected chi connectivity index (χ2v) is 4.20. The van der Waals surface area contributed by atoms with Gasteiger partial charge in [0.05, 0.1) is 16.4 Å². The Morgan fingerprint density at radius 1 is 1.44 bits per heavy atom. The first-order valence-corrected chi connectivity index (χ1v) is 5.07. The topological polar surface area (TPSA) is 43.1 Å². The zero-order valence-electron chi connectivity index (χ0n) is 7.52. The summed E-state index contributed by atoms with van der Waals surface area (Å²) in [6.07, 6.45) is -5.65. The third kappa shape index (κ3) is 3.34. The molecule has 0 N–H and O–H groups in total. The molecule has 0 aliphatic rings. The molecular weight excluding hydrogens is 314 g/mol. The Labute approximate surface area is 101 Å². The van der Waals surface area contributed by atoms with Crippen LogP contribution in [0.3, 0.4) is 0 Å². The number of nitrogens with zero attached hydrogens (tertiary/aromatic N) is 1. The largest absolute Gasteiger partial charge is 0.393 e. The second-order valence-electron chi connectivity index (χ2n) is 2.94. The van der Waals surface area contributed by atoms with Gasteiger partial charge in [0.15, 0.2) is 0 Å². The van der Waals surface area contributed by atoms with Crippen molar-refractivity contribution in [1.29, 1.82) is 0 Å². The average molecular weight is 318 g/mol. The number of hydrogen-bond donors (Lipinski definition) is 0. The van der Waals surface area contributed by atoms with Crippen molar-refractivity contribution in [2.45, 2.75) is 12.6 Å². The van der Waals surface area contributed by atoms with E-state index in [9.17, 15) is 23.3 Å². The molecule has 0 saturated heterocycles. The quantitative estimate of drug-likeness (QED) is 0.608. The summed E-state index contributed by atoms with van der Waals surface area (Å²) in [5, 5.41) is 10.1. The van der Waals surface area contributed by atoms with Crippen molar-refractivity contribution in [1.82, 2.24) is 0 Å². The van der Waals surface area contributed by atoms with Gasteiger partial charge < -0.3 is 0 Å². The van der Waals surface area contributed by atoms with Crippen molar-refractivity contribution in [2.24, 2.45) is 0 Å². The second kappa shape index (κ2) is 4.58. The molecule has 0 fully saturated rings. The van der Waals surface area contributed by atoms with E-state index in [0.29, 0.717) is 0 Å². The Hall–Kier alpha value is -0.820. The molecule has 1 rings (SSSR count). The smallest absolute Gasteiger partial charge is 0.258 e. The lowest BCUT2D eigenvalue weighted by Crippen LogP contribution is -2.12. The Balaban J connectivity index is 3.18. The Kier molecular flexibility index (Phi) is 3.80. The van der Waals surface area contributed by atoms with Gasteiger partial charge in [-0.15, -0.1) is 0 Å². The van der Waals surface area contributed by atoms with Gasteiger partial charge in [-0.3, -0.25) is 10.1 Å². The molecule has 88 valence electrons. The molecule has 0 bridgehead atoms. The van der Waals surface area contributed by atoms with E-state index in [0.717, 1.165) is 12.1 Å². The van der Waals surface area contributed by atoms with Crippen molar-refractivity contribution in [3.8, 4) is 0 Å². The predicted molar refractivity (Wildman–Crippen MR) is 55.6 cm³/mol. The summed E-state index contributed by atoms with van der Waals surface area (Å²) in [4.78, 5) is 9.68. The number of benzene rings is 1. The lowest BCUT2D eigenvalue weighted by Gasteiger charge is -2.09. The third-order valence-electron chi connectivity index (χ3n) is 1.71. The van der Waals surface area contributed by atoms with E-state index in [-0.39, 0.29) is 20.7 Å². The summed E-state index contributed by atoms with van der Waals surface area (Å²) in [6.45, 7) is 0. The number of nitro benzene ring substituents is 1. The minimum Gasteiger partial charge on any atom is -0.258 e. The van der Waals surface area contributed by atoms with Crippen molar-refractivity contribution >= 4 is 33.2 Å². The number of non-ortho nitro benzene ring substituents is 1. The number of rotatable bonds is 2. The van der Waals surface area contributed by atoms with Crippen LogP contribution in [0, 0.1) is 10.1 Å². The minimum atomic E-state index is -4.41. The van der Waals surface area contributed by atoms with E-state index in [1.807, 2.05) is 0 Å². The molecule has 0 unspecified atom stereocenters. The summed E-state index contributed by atoms with van der Waals surface area (Å²) in [7, 11) is 0. The van der Waals surface area contributed by atoms with Crippen molar-refractivity contribution in [2.75, 3.05) is 0 Å². The van der Waals surface area contributed by atoms with E-state index in [2.05, 4.69) is 15.9 Å². The number of hydrogen-bond acceptors (Lipinski definition) is 2. The van der Waals surface area contributed by atoms with Gasteiger partial charge in [0.25, 0.3) is 5.69 Å². The zero-order valence-corrected chi connectivity index (χ0v) is 9.86. The van der Waals surface area contributed by atoms with Gasteiger partial charge in [0, 0.05) is 16.6 Å². The number of nitro groups is 1. The number of halogens is 5. The highest BCUT2D eigenvalue weighted by Gasteiger charge is 2.30. The highest BCUT2D eigenvalue weighted by Crippen LogP contribution is 2.34. The Morgan fingerprint density at radius 2 is 2.00 bits per heavy atom. The molecule has 0 heterocycles. The Bertz CT molecular complexity index is 413. The first-order chi connectivity index (χ1) is 7.20. The summed E-state index contributed by atoms with van der Waals surface area (Å²) in [5.74, 6) is 0. The standard InChI is InChI=1S/C8H4BrClF3NO2/c9-6-1-4(14(15)16)2-7(10)5(6)3-8(11,12)13/h1-2H,3H2. The van der Waals surface area contributed by atoms with Gasteiger partial charge in [-0.1, -0.05) is 27.5 Å². The molecule has 1 aromatic rings. The fourth-order valence-electron chi connectivity index (χ4n) is 1.06. The average Bonchev–Trinajstić information content (AvgIpc) is 2.09. The van der Waals surface area contributed by atoms with Gasteiger partial charge >= 0.3 is 6.18 Å².